The summed E-state index contributed by atoms with van der Waals surface area (Å²) in [5, 5.41) is 10.6. The molecule has 0 unspecified atom stereocenters. The van der Waals surface area contributed by atoms with E-state index in [1.807, 2.05) is 19.4 Å². The molecule has 1 fully saturated rings. The van der Waals surface area contributed by atoms with E-state index in [-0.39, 0.29) is 30.2 Å². The van der Waals surface area contributed by atoms with Gasteiger partial charge in [0.15, 0.2) is 0 Å². The van der Waals surface area contributed by atoms with Crippen molar-refractivity contribution >= 4 is 29.7 Å². The molecule has 0 saturated carbocycles. The molecule has 1 amide bonds. The maximum Gasteiger partial charge on any atom is 0.225 e. The number of thiophene rings is 1. The minimum Gasteiger partial charge on any atom is -0.351 e. The lowest BCUT2D eigenvalue weighted by Crippen LogP contribution is -2.33. The van der Waals surface area contributed by atoms with Crippen LogP contribution >= 0.6 is 23.7 Å². The quantitative estimate of drug-likeness (QED) is 0.864. The maximum absolute atomic E-state index is 12.5. The minimum atomic E-state index is -0.0187. The van der Waals surface area contributed by atoms with E-state index in [1.54, 1.807) is 16.0 Å². The summed E-state index contributed by atoms with van der Waals surface area (Å²) in [6.07, 6.45) is 4.92. The van der Waals surface area contributed by atoms with Crippen molar-refractivity contribution in [2.75, 3.05) is 13.1 Å². The van der Waals surface area contributed by atoms with Crippen molar-refractivity contribution in [3.05, 3.63) is 39.8 Å². The maximum atomic E-state index is 12.5. The Kier molecular flexibility index (Phi) is 6.21. The highest BCUT2D eigenvalue weighted by Gasteiger charge is 2.34. The van der Waals surface area contributed by atoms with Gasteiger partial charge in [-0.15, -0.1) is 23.7 Å². The number of carbonyl (C=O) groups is 1. The number of hydrogen-bond donors (Lipinski definition) is 2. The van der Waals surface area contributed by atoms with Gasteiger partial charge in [0.1, 0.15) is 0 Å². The molecule has 1 aliphatic heterocycles. The van der Waals surface area contributed by atoms with E-state index in [4.69, 9.17) is 0 Å². The third kappa shape index (κ3) is 4.13. The summed E-state index contributed by atoms with van der Waals surface area (Å²) in [6.45, 7) is 4.34. The first-order chi connectivity index (χ1) is 10.7. The number of carbonyl (C=O) groups excluding carboxylic acids is 1. The zero-order valence-corrected chi connectivity index (χ0v) is 15.0. The lowest BCUT2D eigenvalue weighted by molar-refractivity contribution is -0.124. The fourth-order valence-corrected chi connectivity index (χ4v) is 3.85. The van der Waals surface area contributed by atoms with E-state index >= 15 is 0 Å². The van der Waals surface area contributed by atoms with Gasteiger partial charge in [-0.05, 0) is 24.1 Å². The van der Waals surface area contributed by atoms with Gasteiger partial charge in [-0.25, -0.2) is 0 Å². The first-order valence-electron chi connectivity index (χ1n) is 7.72. The number of aromatic nitrogens is 2. The second-order valence-electron chi connectivity index (χ2n) is 5.76. The second kappa shape index (κ2) is 7.95. The molecular weight excluding hydrogens is 332 g/mol. The van der Waals surface area contributed by atoms with Gasteiger partial charge in [0.2, 0.25) is 5.91 Å². The number of nitrogens with zero attached hydrogens (tertiary/aromatic N) is 2. The molecule has 0 radical (unpaired) electrons. The van der Waals surface area contributed by atoms with E-state index in [9.17, 15) is 4.79 Å². The number of halogens is 1. The predicted molar refractivity (Wildman–Crippen MR) is 95.1 cm³/mol. The highest BCUT2D eigenvalue weighted by molar-refractivity contribution is 7.11. The standard InChI is InChI=1S/C16H22N4OS.ClH/c1-3-12-4-5-13(22-12)7-18-16(21)15-9-17-8-14(15)11-6-19-20(2)10-11;/h4-6,10,14-15,17H,3,7-9H2,1-2H3,(H,18,21);1H/t14-,15+;/m1./s1. The Morgan fingerprint density at radius 3 is 2.87 bits per heavy atom. The summed E-state index contributed by atoms with van der Waals surface area (Å²) in [7, 11) is 1.91. The molecule has 5 nitrogen and oxygen atoms in total. The fraction of sp³-hybridized carbons (Fsp3) is 0.500. The van der Waals surface area contributed by atoms with Crippen LogP contribution < -0.4 is 10.6 Å². The Morgan fingerprint density at radius 1 is 1.43 bits per heavy atom. The molecular formula is C16H23ClN4OS. The monoisotopic (exact) mass is 354 g/mol. The van der Waals surface area contributed by atoms with Gasteiger partial charge in [-0.2, -0.15) is 5.10 Å². The van der Waals surface area contributed by atoms with Crippen LogP contribution in [0.5, 0.6) is 0 Å². The molecule has 126 valence electrons. The van der Waals surface area contributed by atoms with Gasteiger partial charge in [-0.3, -0.25) is 9.48 Å². The van der Waals surface area contributed by atoms with E-state index in [0.29, 0.717) is 6.54 Å². The summed E-state index contributed by atoms with van der Waals surface area (Å²) >= 11 is 1.77. The van der Waals surface area contributed by atoms with Crippen LogP contribution in [-0.2, 0) is 24.8 Å². The Labute approximate surface area is 146 Å². The highest BCUT2D eigenvalue weighted by Crippen LogP contribution is 2.28. The van der Waals surface area contributed by atoms with Crippen LogP contribution in [0.1, 0.15) is 28.2 Å². The van der Waals surface area contributed by atoms with Crippen molar-refractivity contribution in [2.24, 2.45) is 13.0 Å². The molecule has 3 rings (SSSR count). The molecule has 2 aromatic rings. The molecule has 2 aromatic heterocycles. The third-order valence-corrected chi connectivity index (χ3v) is 5.44. The van der Waals surface area contributed by atoms with Crippen LogP contribution in [0.2, 0.25) is 0 Å². The van der Waals surface area contributed by atoms with E-state index < -0.39 is 0 Å². The van der Waals surface area contributed by atoms with Crippen LogP contribution in [0.25, 0.3) is 0 Å². The highest BCUT2D eigenvalue weighted by atomic mass is 35.5. The first-order valence-corrected chi connectivity index (χ1v) is 8.53. The lowest BCUT2D eigenvalue weighted by atomic mass is 9.90. The Balaban J connectivity index is 0.00000192. The topological polar surface area (TPSA) is 59.0 Å². The third-order valence-electron chi connectivity index (χ3n) is 4.21. The van der Waals surface area contributed by atoms with E-state index in [2.05, 4.69) is 34.8 Å². The van der Waals surface area contributed by atoms with Crippen LogP contribution in [0.3, 0.4) is 0 Å². The van der Waals surface area contributed by atoms with Crippen molar-refractivity contribution in [2.45, 2.75) is 25.8 Å². The zero-order chi connectivity index (χ0) is 15.5. The Morgan fingerprint density at radius 2 is 2.22 bits per heavy atom. The average molecular weight is 355 g/mol. The summed E-state index contributed by atoms with van der Waals surface area (Å²) in [6, 6.07) is 4.25. The fourth-order valence-electron chi connectivity index (χ4n) is 2.95. The zero-order valence-electron chi connectivity index (χ0n) is 13.4. The van der Waals surface area contributed by atoms with Gasteiger partial charge < -0.3 is 10.6 Å². The number of rotatable bonds is 5. The van der Waals surface area contributed by atoms with Crippen molar-refractivity contribution in [3.63, 3.8) is 0 Å². The molecule has 23 heavy (non-hydrogen) atoms. The van der Waals surface area contributed by atoms with E-state index in [0.717, 1.165) is 25.1 Å². The van der Waals surface area contributed by atoms with Crippen LogP contribution in [0.15, 0.2) is 24.5 Å². The minimum absolute atomic E-state index is 0. The molecule has 2 atom stereocenters. The molecule has 7 heteroatoms. The number of nitrogens with one attached hydrogen (secondary N) is 2. The summed E-state index contributed by atoms with van der Waals surface area (Å²) in [5.74, 6) is 0.323. The molecule has 0 spiro atoms. The first kappa shape index (κ1) is 18.0. The van der Waals surface area contributed by atoms with Crippen molar-refractivity contribution in [3.8, 4) is 0 Å². The van der Waals surface area contributed by atoms with E-state index in [1.165, 1.54) is 9.75 Å². The van der Waals surface area contributed by atoms with Crippen LogP contribution in [-0.4, -0.2) is 28.8 Å². The Bertz CT molecular complexity index is 654. The average Bonchev–Trinajstić information content (AvgIpc) is 3.24. The van der Waals surface area contributed by atoms with Crippen molar-refractivity contribution in [1.29, 1.82) is 0 Å². The summed E-state index contributed by atoms with van der Waals surface area (Å²) in [5.41, 5.74) is 1.14. The van der Waals surface area contributed by atoms with Gasteiger partial charge in [0.25, 0.3) is 0 Å². The Hall–Kier alpha value is -1.37. The molecule has 1 aliphatic rings. The van der Waals surface area contributed by atoms with Crippen LogP contribution in [0, 0.1) is 5.92 Å². The molecule has 1 saturated heterocycles. The van der Waals surface area contributed by atoms with Crippen molar-refractivity contribution < 1.29 is 4.79 Å². The van der Waals surface area contributed by atoms with Gasteiger partial charge >= 0.3 is 0 Å². The molecule has 0 bridgehead atoms. The molecule has 2 N–H and O–H groups in total. The molecule has 3 heterocycles. The number of aryl methyl sites for hydroxylation is 2. The SMILES string of the molecule is CCc1ccc(CNC(=O)[C@H]2CNC[C@@H]2c2cnn(C)c2)s1.Cl. The van der Waals surface area contributed by atoms with Gasteiger partial charge in [-0.1, -0.05) is 6.92 Å². The van der Waals surface area contributed by atoms with Gasteiger partial charge in [0, 0.05) is 42.0 Å². The lowest BCUT2D eigenvalue weighted by Gasteiger charge is -2.16. The predicted octanol–water partition coefficient (Wildman–Crippen LogP) is 2.09. The second-order valence-corrected chi connectivity index (χ2v) is 7.01. The van der Waals surface area contributed by atoms with Gasteiger partial charge in [0.05, 0.1) is 18.7 Å². The van der Waals surface area contributed by atoms with Crippen molar-refractivity contribution in [1.82, 2.24) is 20.4 Å². The number of amides is 1. The normalized spacial score (nSPS) is 20.3. The molecule has 0 aromatic carbocycles. The van der Waals surface area contributed by atoms with Crippen LogP contribution in [0.4, 0.5) is 0 Å². The summed E-state index contributed by atoms with van der Waals surface area (Å²) < 4.78 is 1.79. The largest absolute Gasteiger partial charge is 0.351 e. The molecule has 0 aliphatic carbocycles. The summed E-state index contributed by atoms with van der Waals surface area (Å²) in [4.78, 5) is 15.1. The smallest absolute Gasteiger partial charge is 0.225 e. The number of hydrogen-bond acceptors (Lipinski definition) is 4.